The van der Waals surface area contributed by atoms with Gasteiger partial charge in [-0.25, -0.2) is 4.79 Å². The number of nitrogens with zero attached hydrogens (tertiary/aromatic N) is 1. The van der Waals surface area contributed by atoms with Crippen LogP contribution >= 0.6 is 0 Å². The summed E-state index contributed by atoms with van der Waals surface area (Å²) in [6, 6.07) is 0. The van der Waals surface area contributed by atoms with Gasteiger partial charge in [-0.15, -0.1) is 0 Å². The van der Waals surface area contributed by atoms with E-state index in [0.717, 1.165) is 31.0 Å². The van der Waals surface area contributed by atoms with E-state index in [4.69, 9.17) is 4.74 Å². The fourth-order valence-electron chi connectivity index (χ4n) is 2.46. The van der Waals surface area contributed by atoms with Crippen LogP contribution in [0, 0.1) is 5.92 Å². The molecule has 0 unspecified atom stereocenters. The Balaban J connectivity index is 2.13. The fourth-order valence-corrected chi connectivity index (χ4v) is 2.46. The number of rotatable bonds is 7. The Morgan fingerprint density at radius 1 is 1.42 bits per heavy atom. The van der Waals surface area contributed by atoms with Gasteiger partial charge in [-0.3, -0.25) is 0 Å². The van der Waals surface area contributed by atoms with Crippen molar-refractivity contribution in [3.05, 3.63) is 11.6 Å². The third kappa shape index (κ3) is 6.21. The van der Waals surface area contributed by atoms with Crippen LogP contribution in [0.5, 0.6) is 0 Å². The first kappa shape index (κ1) is 16.2. The number of likely N-dealkylation sites (tertiary alicyclic amines) is 1. The first-order valence-corrected chi connectivity index (χ1v) is 7.34. The highest BCUT2D eigenvalue weighted by atomic mass is 16.5. The smallest absolute Gasteiger partial charge is 0.333 e. The lowest BCUT2D eigenvalue weighted by atomic mass is 9.94. The quantitative estimate of drug-likeness (QED) is 0.434. The maximum atomic E-state index is 11.4. The highest BCUT2D eigenvalue weighted by Crippen LogP contribution is 2.18. The number of ether oxygens (including phenoxy) is 1. The molecule has 0 aliphatic carbocycles. The fraction of sp³-hybridized carbons (Fsp3) is 0.800. The number of hydrogen-bond donors (Lipinski definition) is 1. The number of carbonyl (C=O) groups excluding carboxylic acids is 1. The summed E-state index contributed by atoms with van der Waals surface area (Å²) >= 11 is 0. The zero-order chi connectivity index (χ0) is 14.1. The predicted octanol–water partition coefficient (Wildman–Crippen LogP) is 1.82. The van der Waals surface area contributed by atoms with E-state index in [9.17, 15) is 4.79 Å². The second-order valence-corrected chi connectivity index (χ2v) is 5.31. The minimum atomic E-state index is -0.209. The summed E-state index contributed by atoms with van der Waals surface area (Å²) in [5, 5.41) is 3.39. The SMILES string of the molecule is CCC(=CCNCCC1CCN(C)CC1)C(=O)OC. The number of nitrogens with one attached hydrogen (secondary N) is 1. The van der Waals surface area contributed by atoms with Crippen molar-refractivity contribution in [3.8, 4) is 0 Å². The lowest BCUT2D eigenvalue weighted by Crippen LogP contribution is -2.31. The molecule has 0 atom stereocenters. The van der Waals surface area contributed by atoms with Crippen LogP contribution in [0.4, 0.5) is 0 Å². The Bertz CT molecular complexity index is 295. The average molecular weight is 268 g/mol. The molecule has 0 spiro atoms. The number of piperidine rings is 1. The van der Waals surface area contributed by atoms with Crippen LogP contribution < -0.4 is 5.32 Å². The van der Waals surface area contributed by atoms with E-state index >= 15 is 0 Å². The van der Waals surface area contributed by atoms with Crippen molar-refractivity contribution in [2.45, 2.75) is 32.6 Å². The lowest BCUT2D eigenvalue weighted by molar-refractivity contribution is -0.136. The monoisotopic (exact) mass is 268 g/mol. The van der Waals surface area contributed by atoms with Crippen LogP contribution in [0.1, 0.15) is 32.6 Å². The van der Waals surface area contributed by atoms with E-state index in [1.165, 1.54) is 39.5 Å². The molecule has 0 aromatic rings. The molecule has 1 rings (SSSR count). The molecular formula is C15H28N2O2. The van der Waals surface area contributed by atoms with Gasteiger partial charge in [0.25, 0.3) is 0 Å². The van der Waals surface area contributed by atoms with Crippen LogP contribution in [0.2, 0.25) is 0 Å². The van der Waals surface area contributed by atoms with Gasteiger partial charge in [0.1, 0.15) is 0 Å². The molecule has 1 aliphatic heterocycles. The molecule has 0 bridgehead atoms. The molecule has 4 heteroatoms. The van der Waals surface area contributed by atoms with Gasteiger partial charge in [-0.2, -0.15) is 0 Å². The Morgan fingerprint density at radius 3 is 2.68 bits per heavy atom. The predicted molar refractivity (Wildman–Crippen MR) is 78.1 cm³/mol. The summed E-state index contributed by atoms with van der Waals surface area (Å²) in [6.07, 6.45) is 6.54. The zero-order valence-electron chi connectivity index (χ0n) is 12.6. The van der Waals surface area contributed by atoms with Crippen LogP contribution in [0.25, 0.3) is 0 Å². The van der Waals surface area contributed by atoms with E-state index in [2.05, 4.69) is 17.3 Å². The number of esters is 1. The first-order valence-electron chi connectivity index (χ1n) is 7.34. The molecule has 0 aromatic heterocycles. The van der Waals surface area contributed by atoms with Gasteiger partial charge < -0.3 is 15.0 Å². The molecular weight excluding hydrogens is 240 g/mol. The van der Waals surface area contributed by atoms with Gasteiger partial charge in [0, 0.05) is 12.1 Å². The number of carbonyl (C=O) groups is 1. The van der Waals surface area contributed by atoms with Crippen molar-refractivity contribution in [1.29, 1.82) is 0 Å². The van der Waals surface area contributed by atoms with Crippen molar-refractivity contribution in [2.75, 3.05) is 40.3 Å². The average Bonchev–Trinajstić information content (AvgIpc) is 2.44. The summed E-state index contributed by atoms with van der Waals surface area (Å²) in [6.45, 7) is 6.22. The normalized spacial score (nSPS) is 18.6. The maximum Gasteiger partial charge on any atom is 0.333 e. The molecule has 1 fully saturated rings. The van der Waals surface area contributed by atoms with Crippen molar-refractivity contribution >= 4 is 5.97 Å². The van der Waals surface area contributed by atoms with Gasteiger partial charge in [-0.1, -0.05) is 13.0 Å². The van der Waals surface area contributed by atoms with Gasteiger partial charge in [0.15, 0.2) is 0 Å². The van der Waals surface area contributed by atoms with Crippen LogP contribution in [-0.4, -0.2) is 51.2 Å². The molecule has 1 heterocycles. The Labute approximate surface area is 117 Å². The third-order valence-corrected chi connectivity index (χ3v) is 3.89. The van der Waals surface area contributed by atoms with Crippen molar-refractivity contribution < 1.29 is 9.53 Å². The Kier molecular flexibility index (Phi) is 7.75. The van der Waals surface area contributed by atoms with Gasteiger partial charge in [-0.05, 0) is 58.3 Å². The van der Waals surface area contributed by atoms with E-state index in [1.807, 2.05) is 13.0 Å². The van der Waals surface area contributed by atoms with E-state index < -0.39 is 0 Å². The van der Waals surface area contributed by atoms with Gasteiger partial charge in [0.2, 0.25) is 0 Å². The molecule has 0 saturated carbocycles. The minimum Gasteiger partial charge on any atom is -0.466 e. The second kappa shape index (κ2) is 9.10. The first-order chi connectivity index (χ1) is 9.17. The third-order valence-electron chi connectivity index (χ3n) is 3.89. The molecule has 0 radical (unpaired) electrons. The molecule has 1 aliphatic rings. The van der Waals surface area contributed by atoms with Crippen LogP contribution in [0.15, 0.2) is 11.6 Å². The second-order valence-electron chi connectivity index (χ2n) is 5.31. The Morgan fingerprint density at radius 2 is 2.11 bits per heavy atom. The molecule has 4 nitrogen and oxygen atoms in total. The zero-order valence-corrected chi connectivity index (χ0v) is 12.6. The van der Waals surface area contributed by atoms with Crippen LogP contribution in [0.3, 0.4) is 0 Å². The molecule has 110 valence electrons. The topological polar surface area (TPSA) is 41.6 Å². The summed E-state index contributed by atoms with van der Waals surface area (Å²) in [5.41, 5.74) is 0.759. The van der Waals surface area contributed by atoms with Crippen molar-refractivity contribution in [3.63, 3.8) is 0 Å². The summed E-state index contributed by atoms with van der Waals surface area (Å²) in [7, 11) is 3.62. The lowest BCUT2D eigenvalue weighted by Gasteiger charge is -2.28. The molecule has 0 aromatic carbocycles. The van der Waals surface area contributed by atoms with Crippen LogP contribution in [-0.2, 0) is 9.53 Å². The molecule has 1 saturated heterocycles. The molecule has 1 N–H and O–H groups in total. The van der Waals surface area contributed by atoms with Crippen molar-refractivity contribution in [1.82, 2.24) is 10.2 Å². The highest BCUT2D eigenvalue weighted by molar-refractivity contribution is 5.88. The minimum absolute atomic E-state index is 0.209. The van der Waals surface area contributed by atoms with Crippen molar-refractivity contribution in [2.24, 2.45) is 5.92 Å². The van der Waals surface area contributed by atoms with E-state index in [1.54, 1.807) is 0 Å². The summed E-state index contributed by atoms with van der Waals surface area (Å²) in [5.74, 6) is 0.651. The summed E-state index contributed by atoms with van der Waals surface area (Å²) < 4.78 is 4.73. The molecule has 19 heavy (non-hydrogen) atoms. The standard InChI is InChI=1S/C15H28N2O2/c1-4-14(15(18)19-3)6-10-16-9-5-13-7-11-17(2)12-8-13/h6,13,16H,4-5,7-12H2,1-3H3. The van der Waals surface area contributed by atoms with E-state index in [0.29, 0.717) is 0 Å². The largest absolute Gasteiger partial charge is 0.466 e. The maximum absolute atomic E-state index is 11.4. The highest BCUT2D eigenvalue weighted by Gasteiger charge is 2.15. The molecule has 0 amide bonds. The Hall–Kier alpha value is -0.870. The number of hydrogen-bond acceptors (Lipinski definition) is 4. The summed E-state index contributed by atoms with van der Waals surface area (Å²) in [4.78, 5) is 13.8. The van der Waals surface area contributed by atoms with Gasteiger partial charge >= 0.3 is 5.97 Å². The van der Waals surface area contributed by atoms with E-state index in [-0.39, 0.29) is 5.97 Å². The number of methoxy groups -OCH3 is 1. The van der Waals surface area contributed by atoms with Gasteiger partial charge in [0.05, 0.1) is 7.11 Å².